The monoisotopic (exact) mass is 754 g/mol. The number of allylic oxidation sites excluding steroid dienone is 4. The largest absolute Gasteiger partial charge is 0.458 e. The summed E-state index contributed by atoms with van der Waals surface area (Å²) in [6, 6.07) is 0. The molecule has 2 fully saturated rings. The van der Waals surface area contributed by atoms with E-state index in [-0.39, 0.29) is 11.4 Å². The third-order valence-electron chi connectivity index (χ3n) is 12.0. The molecule has 0 spiro atoms. The molecule has 1 heterocycles. The minimum Gasteiger partial charge on any atom is -0.458 e. The highest BCUT2D eigenvalue weighted by atomic mass is 16.8. The first-order valence-corrected chi connectivity index (χ1v) is 17.9. The molecule has 14 nitrogen and oxygen atoms in total. The number of fused-ring (bicyclic) bond motifs is 5. The van der Waals surface area contributed by atoms with Gasteiger partial charge in [-0.1, -0.05) is 46.3 Å². The molecule has 0 aromatic rings. The fourth-order valence-electron chi connectivity index (χ4n) is 10.6. The molecular weight excluding hydrogens is 704 g/mol. The van der Waals surface area contributed by atoms with E-state index >= 15 is 0 Å². The number of ether oxygens (including phenoxy) is 7. The summed E-state index contributed by atoms with van der Waals surface area (Å²) in [6.45, 7) is 17.1. The minimum absolute atomic E-state index is 0.0788. The van der Waals surface area contributed by atoms with Gasteiger partial charge in [0.1, 0.15) is 18.3 Å². The number of esters is 5. The van der Waals surface area contributed by atoms with Gasteiger partial charge in [0.15, 0.2) is 11.6 Å². The van der Waals surface area contributed by atoms with Crippen LogP contribution in [-0.4, -0.2) is 85.5 Å². The molecule has 1 aliphatic heterocycles. The van der Waals surface area contributed by atoms with Crippen molar-refractivity contribution in [1.29, 1.82) is 0 Å². The fourth-order valence-corrected chi connectivity index (χ4v) is 10.6. The Bertz CT molecular complexity index is 1800. The molecule has 12 atom stereocenters. The van der Waals surface area contributed by atoms with Gasteiger partial charge in [-0.15, -0.1) is 0 Å². The van der Waals surface area contributed by atoms with Crippen LogP contribution in [0.3, 0.4) is 0 Å². The van der Waals surface area contributed by atoms with E-state index in [0.717, 1.165) is 13.8 Å². The Morgan fingerprint density at radius 3 is 1.81 bits per heavy atom. The Labute approximate surface area is 314 Å². The van der Waals surface area contributed by atoms with E-state index < -0.39 is 112 Å². The van der Waals surface area contributed by atoms with Crippen LogP contribution < -0.4 is 0 Å². The molecule has 3 unspecified atom stereocenters. The molecule has 14 heteroatoms. The zero-order valence-corrected chi connectivity index (χ0v) is 32.8. The minimum atomic E-state index is -1.65. The second kappa shape index (κ2) is 14.0. The van der Waals surface area contributed by atoms with E-state index in [2.05, 4.69) is 0 Å². The van der Waals surface area contributed by atoms with Gasteiger partial charge in [-0.25, -0.2) is 4.79 Å². The van der Waals surface area contributed by atoms with Crippen LogP contribution in [0.25, 0.3) is 0 Å². The van der Waals surface area contributed by atoms with E-state index in [1.807, 2.05) is 13.8 Å². The van der Waals surface area contributed by atoms with E-state index in [1.54, 1.807) is 40.7 Å². The smallest absolute Gasteiger partial charge is 0.331 e. The number of ketones is 2. The third-order valence-corrected chi connectivity index (χ3v) is 12.0. The molecule has 0 N–H and O–H groups in total. The lowest BCUT2D eigenvalue weighted by molar-refractivity contribution is -0.276. The van der Waals surface area contributed by atoms with Gasteiger partial charge in [-0.2, -0.15) is 0 Å². The summed E-state index contributed by atoms with van der Waals surface area (Å²) in [5, 5.41) is 0. The molecule has 0 amide bonds. The lowest BCUT2D eigenvalue weighted by atomic mass is 9.36. The maximum absolute atomic E-state index is 14.7. The van der Waals surface area contributed by atoms with Gasteiger partial charge in [0.2, 0.25) is 12.6 Å². The van der Waals surface area contributed by atoms with E-state index in [9.17, 15) is 33.6 Å². The van der Waals surface area contributed by atoms with Crippen molar-refractivity contribution in [3.05, 3.63) is 47.1 Å². The number of methoxy groups -OCH3 is 1. The summed E-state index contributed by atoms with van der Waals surface area (Å²) >= 11 is 0. The molecule has 0 radical (unpaired) electrons. The fraction of sp³-hybridized carbons (Fsp3) is 0.625. The van der Waals surface area contributed by atoms with Crippen molar-refractivity contribution < 1.29 is 66.7 Å². The molecular formula is C40H50O14. The van der Waals surface area contributed by atoms with Crippen molar-refractivity contribution in [2.24, 2.45) is 39.4 Å². The number of hydrogen-bond acceptors (Lipinski definition) is 14. The summed E-state index contributed by atoms with van der Waals surface area (Å²) < 4.78 is 41.6. The van der Waals surface area contributed by atoms with Crippen molar-refractivity contribution >= 4 is 41.4 Å². The van der Waals surface area contributed by atoms with Gasteiger partial charge in [-0.05, 0) is 43.1 Å². The van der Waals surface area contributed by atoms with Gasteiger partial charge >= 0.3 is 29.8 Å². The van der Waals surface area contributed by atoms with Crippen LogP contribution in [0.2, 0.25) is 0 Å². The SMILES string of the molecule is CO[C@@H]1C2C(C)(C)C=CC(=O)[C@]2(C)[C@H]2[C@H](OC(C)=O)[C@H](OC(C)=O)[C@]3(C)C(=CC(=O)[C@H]3C3=CC(OC(C)=O)OC3OC(C)=O)[C@]2(C)[C@@H]1OC(=O)C=C(C)C. The Hall–Kier alpha value is -4.43. The van der Waals surface area contributed by atoms with Crippen LogP contribution >= 0.6 is 0 Å². The zero-order chi connectivity index (χ0) is 40.5. The van der Waals surface area contributed by atoms with Gasteiger partial charge in [-0.3, -0.25) is 33.5 Å². The highest BCUT2D eigenvalue weighted by molar-refractivity contribution is 6.01. The van der Waals surface area contributed by atoms with Crippen molar-refractivity contribution in [3.8, 4) is 0 Å². The topological polar surface area (TPSA) is 184 Å². The number of hydrogen-bond donors (Lipinski definition) is 0. The van der Waals surface area contributed by atoms with Crippen LogP contribution in [0.4, 0.5) is 0 Å². The van der Waals surface area contributed by atoms with Gasteiger partial charge in [0.25, 0.3) is 0 Å². The Kier molecular flexibility index (Phi) is 10.6. The van der Waals surface area contributed by atoms with E-state index in [0.29, 0.717) is 11.1 Å². The van der Waals surface area contributed by atoms with Gasteiger partial charge in [0.05, 0.1) is 12.0 Å². The van der Waals surface area contributed by atoms with Crippen LogP contribution in [0, 0.1) is 39.4 Å². The zero-order valence-electron chi connectivity index (χ0n) is 32.8. The summed E-state index contributed by atoms with van der Waals surface area (Å²) in [5.41, 5.74) is -4.35. The quantitative estimate of drug-likeness (QED) is 0.150. The summed E-state index contributed by atoms with van der Waals surface area (Å²) in [6.07, 6.45) is -0.627. The van der Waals surface area contributed by atoms with Crippen LogP contribution in [0.15, 0.2) is 47.1 Å². The maximum atomic E-state index is 14.7. The van der Waals surface area contributed by atoms with Crippen molar-refractivity contribution in [3.63, 3.8) is 0 Å². The molecule has 0 aromatic heterocycles. The molecule has 54 heavy (non-hydrogen) atoms. The standard InChI is InChI=1S/C40H50O14/c1-18(2)15-27(47)53-34-30(48-12)32-37(7,8)14-13-26(46)40(32,11)33-31(50-20(4)42)35(51-21(5)43)38(9)25(39(33,34)10)17-24(45)29(38)23-16-28(49-19(3)41)54-36(23)52-22(6)44/h13-17,28-36H,1-12H3/t28?,29-,30-,31+,32?,33+,34-,35+,36?,38-,39+,40+/m1/s1. The second-order valence-electron chi connectivity index (χ2n) is 16.3. The molecule has 5 rings (SSSR count). The first kappa shape index (κ1) is 40.7. The lowest BCUT2D eigenvalue weighted by Gasteiger charge is -2.69. The average Bonchev–Trinajstić information content (AvgIpc) is 3.52. The third kappa shape index (κ3) is 6.34. The number of carbonyl (C=O) groups excluding carboxylic acids is 7. The predicted molar refractivity (Wildman–Crippen MR) is 187 cm³/mol. The molecule has 2 saturated carbocycles. The normalized spacial score (nSPS) is 38.8. The van der Waals surface area contributed by atoms with Gasteiger partial charge < -0.3 is 28.4 Å². The Balaban J connectivity index is 1.89. The molecule has 0 saturated heterocycles. The van der Waals surface area contributed by atoms with E-state index in [4.69, 9.17) is 33.2 Å². The lowest BCUT2D eigenvalue weighted by Crippen LogP contribution is -2.77. The van der Waals surface area contributed by atoms with Crippen molar-refractivity contribution in [2.45, 2.75) is 113 Å². The van der Waals surface area contributed by atoms with Crippen LogP contribution in [-0.2, 0) is 66.7 Å². The van der Waals surface area contributed by atoms with Crippen molar-refractivity contribution in [1.82, 2.24) is 0 Å². The Morgan fingerprint density at radius 2 is 1.28 bits per heavy atom. The van der Waals surface area contributed by atoms with Crippen molar-refractivity contribution in [2.75, 3.05) is 7.11 Å². The first-order valence-electron chi connectivity index (χ1n) is 17.9. The molecule has 0 bridgehead atoms. The highest BCUT2D eigenvalue weighted by Gasteiger charge is 2.79. The molecule has 4 aliphatic carbocycles. The van der Waals surface area contributed by atoms with Crippen LogP contribution in [0.1, 0.15) is 76.2 Å². The number of rotatable bonds is 8. The number of carbonyl (C=O) groups is 7. The summed E-state index contributed by atoms with van der Waals surface area (Å²) in [5.74, 6) is -7.73. The maximum Gasteiger partial charge on any atom is 0.331 e. The Morgan fingerprint density at radius 1 is 0.704 bits per heavy atom. The second-order valence-corrected chi connectivity index (χ2v) is 16.3. The molecule has 5 aliphatic rings. The predicted octanol–water partition coefficient (Wildman–Crippen LogP) is 4.05. The first-order chi connectivity index (χ1) is 25.0. The summed E-state index contributed by atoms with van der Waals surface area (Å²) in [7, 11) is 1.46. The van der Waals surface area contributed by atoms with Crippen LogP contribution in [0.5, 0.6) is 0 Å². The highest BCUT2D eigenvalue weighted by Crippen LogP contribution is 2.73. The van der Waals surface area contributed by atoms with Gasteiger partial charge in [0, 0.05) is 74.5 Å². The van der Waals surface area contributed by atoms with E-state index in [1.165, 1.54) is 45.3 Å². The summed E-state index contributed by atoms with van der Waals surface area (Å²) in [4.78, 5) is 93.7. The average molecular weight is 755 g/mol. The molecule has 294 valence electrons. The molecule has 0 aromatic carbocycles.